The molecule has 0 spiro atoms. The first-order chi connectivity index (χ1) is 13.5. The number of imidazole rings is 1. The van der Waals surface area contributed by atoms with Gasteiger partial charge in [0.15, 0.2) is 0 Å². The summed E-state index contributed by atoms with van der Waals surface area (Å²) in [4.78, 5) is 5.04. The Morgan fingerprint density at radius 3 is 2.43 bits per heavy atom. The molecule has 0 fully saturated rings. The molecule has 0 saturated carbocycles. The van der Waals surface area contributed by atoms with Crippen molar-refractivity contribution in [2.75, 3.05) is 0 Å². The Labute approximate surface area is 163 Å². The standard InChI is InChI=1S/C21H15F3N2OS/c22-21(23,24)19-4-2-1-3-18(19)20-25-9-10-26(20)16-7-5-14(6-8-16)15-11-17(12-27)28-13-15/h1-11,13,27H,12H2. The minimum Gasteiger partial charge on any atom is -0.391 e. The number of thiophene rings is 1. The van der Waals surface area contributed by atoms with Crippen LogP contribution < -0.4 is 0 Å². The van der Waals surface area contributed by atoms with Gasteiger partial charge in [-0.1, -0.05) is 30.3 Å². The summed E-state index contributed by atoms with van der Waals surface area (Å²) in [7, 11) is 0. The lowest BCUT2D eigenvalue weighted by atomic mass is 10.1. The predicted octanol–water partition coefficient (Wildman–Crippen LogP) is 5.78. The van der Waals surface area contributed by atoms with E-state index in [0.29, 0.717) is 5.69 Å². The Morgan fingerprint density at radius 2 is 1.75 bits per heavy atom. The quantitative estimate of drug-likeness (QED) is 0.472. The summed E-state index contributed by atoms with van der Waals surface area (Å²) >= 11 is 1.48. The van der Waals surface area contributed by atoms with Gasteiger partial charge in [0.25, 0.3) is 0 Å². The van der Waals surface area contributed by atoms with Crippen molar-refractivity contribution in [3.63, 3.8) is 0 Å². The van der Waals surface area contributed by atoms with Crippen LogP contribution in [0.5, 0.6) is 0 Å². The van der Waals surface area contributed by atoms with E-state index >= 15 is 0 Å². The van der Waals surface area contributed by atoms with Crippen molar-refractivity contribution in [1.29, 1.82) is 0 Å². The molecule has 2 aromatic carbocycles. The number of rotatable bonds is 4. The molecule has 0 unspecified atom stereocenters. The largest absolute Gasteiger partial charge is 0.417 e. The highest BCUT2D eigenvalue weighted by Gasteiger charge is 2.34. The lowest BCUT2D eigenvalue weighted by Crippen LogP contribution is -2.08. The average molecular weight is 400 g/mol. The molecule has 2 aromatic heterocycles. The van der Waals surface area contributed by atoms with Crippen LogP contribution in [0.25, 0.3) is 28.2 Å². The normalized spacial score (nSPS) is 11.7. The summed E-state index contributed by atoms with van der Waals surface area (Å²) in [6.07, 6.45) is -1.32. The van der Waals surface area contributed by atoms with Crippen LogP contribution in [0.15, 0.2) is 72.4 Å². The van der Waals surface area contributed by atoms with E-state index < -0.39 is 11.7 Å². The molecule has 0 bridgehead atoms. The van der Waals surface area contributed by atoms with E-state index in [0.717, 1.165) is 22.1 Å². The molecule has 0 atom stereocenters. The number of benzene rings is 2. The summed E-state index contributed by atoms with van der Waals surface area (Å²) in [6, 6.07) is 14.8. The zero-order chi connectivity index (χ0) is 19.7. The molecule has 7 heteroatoms. The van der Waals surface area contributed by atoms with E-state index in [4.69, 9.17) is 0 Å². The number of alkyl halides is 3. The summed E-state index contributed by atoms with van der Waals surface area (Å²) in [6.45, 7) is -0.000237. The number of hydrogen-bond donors (Lipinski definition) is 1. The van der Waals surface area contributed by atoms with Crippen molar-refractivity contribution in [3.05, 3.63) is 82.8 Å². The molecule has 142 valence electrons. The average Bonchev–Trinajstić information content (AvgIpc) is 3.37. The molecular formula is C21H15F3N2OS. The molecule has 0 aliphatic heterocycles. The Bertz CT molecular complexity index is 1100. The van der Waals surface area contributed by atoms with Crippen LogP contribution in [-0.4, -0.2) is 14.7 Å². The van der Waals surface area contributed by atoms with E-state index in [1.165, 1.54) is 29.7 Å². The van der Waals surface area contributed by atoms with Crippen LogP contribution in [0.1, 0.15) is 10.4 Å². The number of aromatic nitrogens is 2. The highest BCUT2D eigenvalue weighted by atomic mass is 32.1. The molecule has 1 N–H and O–H groups in total. The third-order valence-electron chi connectivity index (χ3n) is 4.40. The van der Waals surface area contributed by atoms with Crippen molar-refractivity contribution in [2.45, 2.75) is 12.8 Å². The van der Waals surface area contributed by atoms with Crippen LogP contribution in [0.2, 0.25) is 0 Å². The van der Waals surface area contributed by atoms with Gasteiger partial charge in [0.2, 0.25) is 0 Å². The summed E-state index contributed by atoms with van der Waals surface area (Å²) < 4.78 is 41.8. The number of aliphatic hydroxyl groups excluding tert-OH is 1. The van der Waals surface area contributed by atoms with E-state index in [9.17, 15) is 18.3 Å². The molecule has 3 nitrogen and oxygen atoms in total. The van der Waals surface area contributed by atoms with Crippen molar-refractivity contribution in [3.8, 4) is 28.2 Å². The second-order valence-electron chi connectivity index (χ2n) is 6.17. The lowest BCUT2D eigenvalue weighted by molar-refractivity contribution is -0.137. The van der Waals surface area contributed by atoms with Gasteiger partial charge in [-0.25, -0.2) is 4.98 Å². The van der Waals surface area contributed by atoms with Gasteiger partial charge in [0.05, 0.1) is 12.2 Å². The van der Waals surface area contributed by atoms with Gasteiger partial charge in [-0.2, -0.15) is 13.2 Å². The van der Waals surface area contributed by atoms with Gasteiger partial charge in [-0.15, -0.1) is 11.3 Å². The van der Waals surface area contributed by atoms with Crippen molar-refractivity contribution < 1.29 is 18.3 Å². The second-order valence-corrected chi connectivity index (χ2v) is 7.17. The predicted molar refractivity (Wildman–Crippen MR) is 103 cm³/mol. The molecule has 4 rings (SSSR count). The smallest absolute Gasteiger partial charge is 0.391 e. The van der Waals surface area contributed by atoms with Crippen LogP contribution >= 0.6 is 11.3 Å². The Morgan fingerprint density at radius 1 is 1.00 bits per heavy atom. The van der Waals surface area contributed by atoms with Crippen LogP contribution in [-0.2, 0) is 12.8 Å². The van der Waals surface area contributed by atoms with E-state index in [2.05, 4.69) is 4.98 Å². The summed E-state index contributed by atoms with van der Waals surface area (Å²) in [5.41, 5.74) is 2.00. The van der Waals surface area contributed by atoms with Crippen LogP contribution in [0, 0.1) is 0 Å². The minimum absolute atomic E-state index is 0.000237. The third kappa shape index (κ3) is 3.46. The van der Waals surface area contributed by atoms with Gasteiger partial charge in [-0.05, 0) is 40.8 Å². The zero-order valence-corrected chi connectivity index (χ0v) is 15.3. The zero-order valence-electron chi connectivity index (χ0n) is 14.5. The maximum Gasteiger partial charge on any atom is 0.417 e. The number of aliphatic hydroxyl groups is 1. The monoisotopic (exact) mass is 400 g/mol. The molecule has 0 amide bonds. The Kier molecular flexibility index (Phi) is 4.78. The maximum absolute atomic E-state index is 13.4. The maximum atomic E-state index is 13.4. The SMILES string of the molecule is OCc1cc(-c2ccc(-n3ccnc3-c3ccccc3C(F)(F)F)cc2)cs1. The summed E-state index contributed by atoms with van der Waals surface area (Å²) in [5.74, 6) is 0.235. The molecule has 0 aliphatic rings. The lowest BCUT2D eigenvalue weighted by Gasteiger charge is -2.14. The fourth-order valence-electron chi connectivity index (χ4n) is 3.07. The van der Waals surface area contributed by atoms with Gasteiger partial charge in [0, 0.05) is 28.5 Å². The Hall–Kier alpha value is -2.90. The highest BCUT2D eigenvalue weighted by molar-refractivity contribution is 7.10. The topological polar surface area (TPSA) is 38.0 Å². The molecule has 0 aliphatic carbocycles. The van der Waals surface area contributed by atoms with E-state index in [1.54, 1.807) is 16.8 Å². The van der Waals surface area contributed by atoms with Crippen molar-refractivity contribution in [2.24, 2.45) is 0 Å². The number of halogens is 3. The molecule has 2 heterocycles. The van der Waals surface area contributed by atoms with Crippen molar-refractivity contribution in [1.82, 2.24) is 9.55 Å². The third-order valence-corrected chi connectivity index (χ3v) is 5.32. The van der Waals surface area contributed by atoms with Gasteiger partial charge < -0.3 is 5.11 Å². The fourth-order valence-corrected chi connectivity index (χ4v) is 3.82. The molecule has 28 heavy (non-hydrogen) atoms. The van der Waals surface area contributed by atoms with Gasteiger partial charge in [-0.3, -0.25) is 4.57 Å². The van der Waals surface area contributed by atoms with Gasteiger partial charge in [0.1, 0.15) is 5.82 Å². The van der Waals surface area contributed by atoms with E-state index in [-0.39, 0.29) is 18.0 Å². The molecule has 0 saturated heterocycles. The number of hydrogen-bond acceptors (Lipinski definition) is 3. The number of nitrogens with zero attached hydrogens (tertiary/aromatic N) is 2. The molecule has 4 aromatic rings. The molecular weight excluding hydrogens is 385 g/mol. The van der Waals surface area contributed by atoms with Crippen molar-refractivity contribution >= 4 is 11.3 Å². The second kappa shape index (κ2) is 7.26. The Balaban J connectivity index is 1.73. The first-order valence-electron chi connectivity index (χ1n) is 8.46. The fraction of sp³-hybridized carbons (Fsp3) is 0.0952. The van der Waals surface area contributed by atoms with Crippen LogP contribution in [0.3, 0.4) is 0 Å². The minimum atomic E-state index is -4.46. The highest BCUT2D eigenvalue weighted by Crippen LogP contribution is 2.37. The van der Waals surface area contributed by atoms with E-state index in [1.807, 2.05) is 35.7 Å². The summed E-state index contributed by atoms with van der Waals surface area (Å²) in [5, 5.41) is 11.2. The van der Waals surface area contributed by atoms with Gasteiger partial charge >= 0.3 is 6.18 Å². The first kappa shape index (κ1) is 18.5. The molecule has 0 radical (unpaired) electrons. The first-order valence-corrected chi connectivity index (χ1v) is 9.34. The van der Waals surface area contributed by atoms with Crippen LogP contribution in [0.4, 0.5) is 13.2 Å².